The van der Waals surface area contributed by atoms with Crippen molar-refractivity contribution in [1.82, 2.24) is 9.62 Å². The molecule has 2 fully saturated rings. The lowest BCUT2D eigenvalue weighted by molar-refractivity contribution is -0.146. The Hall–Kier alpha value is -2.50. The molecule has 2 aliphatic rings. The zero-order valence-electron chi connectivity index (χ0n) is 22.1. The highest BCUT2D eigenvalue weighted by Gasteiger charge is 2.47. The fourth-order valence-electron chi connectivity index (χ4n) is 3.75. The summed E-state index contributed by atoms with van der Waals surface area (Å²) >= 11 is 0. The number of rotatable bonds is 5. The molecule has 4 rings (SSSR count). The van der Waals surface area contributed by atoms with Crippen LogP contribution < -0.4 is 5.32 Å². The Bertz CT molecular complexity index is 1400. The maximum atomic E-state index is 13.7. The molecule has 0 bridgehead atoms. The van der Waals surface area contributed by atoms with E-state index in [9.17, 15) is 44.0 Å². The SMILES string of the molecule is COC(=O)[C@@H]1[C@@H](F)CCN1S(=O)(=O)c1ccc(F)cc1.COC(=O)[C@H]1NCC[C@@H]1F.Cl.O=S(=O)(Cl)c1ccc(F)cc1. The third-order valence-electron chi connectivity index (χ3n) is 5.84. The largest absolute Gasteiger partial charge is 0.468 e. The quantitative estimate of drug-likeness (QED) is 0.287. The number of methoxy groups -OCH3 is 2. The van der Waals surface area contributed by atoms with E-state index >= 15 is 0 Å². The van der Waals surface area contributed by atoms with E-state index in [1.807, 2.05) is 0 Å². The molecule has 2 saturated heterocycles. The highest BCUT2D eigenvalue weighted by atomic mass is 35.7. The number of benzene rings is 2. The summed E-state index contributed by atoms with van der Waals surface area (Å²) in [5, 5.41) is 2.71. The maximum Gasteiger partial charge on any atom is 0.327 e. The first-order chi connectivity index (χ1) is 19.1. The monoisotopic (exact) mass is 682 g/mol. The minimum atomic E-state index is -4.07. The Morgan fingerprint density at radius 1 is 0.833 bits per heavy atom. The van der Waals surface area contributed by atoms with E-state index < -0.39 is 67.1 Å². The Kier molecular flexibility index (Phi) is 14.6. The van der Waals surface area contributed by atoms with Crippen LogP contribution in [0.4, 0.5) is 17.6 Å². The van der Waals surface area contributed by atoms with E-state index in [-0.39, 0.29) is 35.2 Å². The minimum Gasteiger partial charge on any atom is -0.468 e. The summed E-state index contributed by atoms with van der Waals surface area (Å²) in [6.07, 6.45) is -2.37. The van der Waals surface area contributed by atoms with Crippen LogP contribution in [0.15, 0.2) is 58.3 Å². The standard InChI is InChI=1S/C12H13F2NO4S.C6H4ClFO2S.C6H10FNO2.ClH/c1-19-12(16)11-10(14)6-7-15(11)20(17,18)9-4-2-8(13)3-5-9;7-11(9,10)6-3-1-5(8)2-4-6;1-10-6(9)5-4(7)2-3-8-5;/h2-5,10-11H,6-7H2,1H3;1-4H;4-5,8H,2-3H2,1H3;1H/t10-,11-;;4-,5-;/m0.0./s1. The number of alkyl halides is 2. The van der Waals surface area contributed by atoms with Crippen molar-refractivity contribution in [1.29, 1.82) is 0 Å². The lowest BCUT2D eigenvalue weighted by atomic mass is 10.2. The van der Waals surface area contributed by atoms with Gasteiger partial charge in [-0.05, 0) is 67.9 Å². The van der Waals surface area contributed by atoms with Crippen LogP contribution in [0.25, 0.3) is 0 Å². The molecule has 0 amide bonds. The van der Waals surface area contributed by atoms with Crippen LogP contribution in [0.5, 0.6) is 0 Å². The van der Waals surface area contributed by atoms with Crippen molar-refractivity contribution in [2.45, 2.75) is 47.1 Å². The second-order valence-electron chi connectivity index (χ2n) is 8.49. The molecule has 10 nitrogen and oxygen atoms in total. The van der Waals surface area contributed by atoms with Gasteiger partial charge in [0, 0.05) is 17.2 Å². The molecule has 2 heterocycles. The van der Waals surface area contributed by atoms with Gasteiger partial charge < -0.3 is 14.8 Å². The predicted octanol–water partition coefficient (Wildman–Crippen LogP) is 3.13. The van der Waals surface area contributed by atoms with Gasteiger partial charge in [-0.1, -0.05) is 0 Å². The fraction of sp³-hybridized carbons (Fsp3) is 0.417. The van der Waals surface area contributed by atoms with Gasteiger partial charge in [-0.15, -0.1) is 12.4 Å². The molecular weight excluding hydrogens is 655 g/mol. The van der Waals surface area contributed by atoms with Crippen LogP contribution in [0.3, 0.4) is 0 Å². The molecule has 0 unspecified atom stereocenters. The van der Waals surface area contributed by atoms with Crippen LogP contribution in [0.1, 0.15) is 12.8 Å². The molecule has 2 aliphatic heterocycles. The molecule has 2 aromatic carbocycles. The first kappa shape index (κ1) is 37.5. The Labute approximate surface area is 251 Å². The van der Waals surface area contributed by atoms with Crippen LogP contribution in [-0.2, 0) is 38.1 Å². The van der Waals surface area contributed by atoms with Gasteiger partial charge in [0.25, 0.3) is 9.05 Å². The normalized spacial score (nSPS) is 22.0. The van der Waals surface area contributed by atoms with Crippen molar-refractivity contribution >= 4 is 54.1 Å². The Balaban J connectivity index is 0.000000341. The maximum absolute atomic E-state index is 13.7. The second kappa shape index (κ2) is 16.4. The zero-order chi connectivity index (χ0) is 31.0. The minimum absolute atomic E-state index is 0. The van der Waals surface area contributed by atoms with Gasteiger partial charge in [-0.3, -0.25) is 9.59 Å². The lowest BCUT2D eigenvalue weighted by Gasteiger charge is -2.22. The van der Waals surface area contributed by atoms with E-state index in [0.29, 0.717) is 13.0 Å². The van der Waals surface area contributed by atoms with Crippen LogP contribution >= 0.6 is 23.1 Å². The number of nitrogens with one attached hydrogen (secondary N) is 1. The van der Waals surface area contributed by atoms with Gasteiger partial charge >= 0.3 is 11.9 Å². The predicted molar refractivity (Wildman–Crippen MR) is 146 cm³/mol. The summed E-state index contributed by atoms with van der Waals surface area (Å²) in [5.41, 5.74) is 0. The van der Waals surface area contributed by atoms with Crippen molar-refractivity contribution in [3.63, 3.8) is 0 Å². The molecule has 1 N–H and O–H groups in total. The third-order valence-corrected chi connectivity index (χ3v) is 9.10. The van der Waals surface area contributed by atoms with Gasteiger partial charge in [-0.2, -0.15) is 4.31 Å². The smallest absolute Gasteiger partial charge is 0.327 e. The molecule has 0 saturated carbocycles. The third kappa shape index (κ3) is 10.1. The van der Waals surface area contributed by atoms with E-state index in [0.717, 1.165) is 59.9 Å². The summed E-state index contributed by atoms with van der Waals surface area (Å²) in [6.45, 7) is 0.432. The molecule has 18 heteroatoms. The molecule has 0 radical (unpaired) electrons. The van der Waals surface area contributed by atoms with Gasteiger partial charge in [0.05, 0.1) is 24.0 Å². The molecule has 42 heavy (non-hydrogen) atoms. The number of hydrogen-bond donors (Lipinski definition) is 1. The summed E-state index contributed by atoms with van der Waals surface area (Å²) in [6, 6.07) is 6.20. The van der Waals surface area contributed by atoms with Gasteiger partial charge in [-0.25, -0.2) is 34.4 Å². The van der Waals surface area contributed by atoms with Crippen molar-refractivity contribution in [2.75, 3.05) is 27.3 Å². The van der Waals surface area contributed by atoms with Gasteiger partial charge in [0.2, 0.25) is 10.0 Å². The van der Waals surface area contributed by atoms with Crippen molar-refractivity contribution in [3.05, 3.63) is 60.2 Å². The summed E-state index contributed by atoms with van der Waals surface area (Å²) in [4.78, 5) is 21.9. The number of sulfonamides is 1. The molecule has 0 aliphatic carbocycles. The number of hydrogen-bond acceptors (Lipinski definition) is 9. The number of carbonyl (C=O) groups excluding carboxylic acids is 2. The highest BCUT2D eigenvalue weighted by Crippen LogP contribution is 2.29. The number of esters is 2. The second-order valence-corrected chi connectivity index (χ2v) is 13.0. The van der Waals surface area contributed by atoms with Crippen LogP contribution in [0.2, 0.25) is 0 Å². The van der Waals surface area contributed by atoms with E-state index in [1.165, 1.54) is 7.11 Å². The van der Waals surface area contributed by atoms with E-state index in [4.69, 9.17) is 10.7 Å². The number of halogens is 6. The fourth-order valence-corrected chi connectivity index (χ4v) is 6.14. The Morgan fingerprint density at radius 2 is 1.31 bits per heavy atom. The number of carbonyl (C=O) groups is 2. The topological polar surface area (TPSA) is 136 Å². The van der Waals surface area contributed by atoms with Gasteiger partial charge in [0.15, 0.2) is 6.04 Å². The molecule has 0 aromatic heterocycles. The highest BCUT2D eigenvalue weighted by molar-refractivity contribution is 8.13. The zero-order valence-corrected chi connectivity index (χ0v) is 25.3. The Morgan fingerprint density at radius 3 is 1.71 bits per heavy atom. The molecule has 0 spiro atoms. The van der Waals surface area contributed by atoms with Crippen LogP contribution in [0, 0.1) is 11.6 Å². The molecule has 4 atom stereocenters. The van der Waals surface area contributed by atoms with E-state index in [2.05, 4.69) is 14.8 Å². The van der Waals surface area contributed by atoms with E-state index in [1.54, 1.807) is 0 Å². The first-order valence-corrected chi connectivity index (χ1v) is 15.5. The molecule has 2 aromatic rings. The first-order valence-electron chi connectivity index (χ1n) is 11.8. The average molecular weight is 684 g/mol. The van der Waals surface area contributed by atoms with Crippen molar-refractivity contribution < 1.29 is 53.5 Å². The molecular formula is C24H28Cl2F4N2O8S2. The lowest BCUT2D eigenvalue weighted by Crippen LogP contribution is -2.44. The van der Waals surface area contributed by atoms with Crippen LogP contribution in [-0.4, -0.2) is 84.8 Å². The van der Waals surface area contributed by atoms with Crippen molar-refractivity contribution in [2.24, 2.45) is 0 Å². The summed E-state index contributed by atoms with van der Waals surface area (Å²) in [7, 11) is -0.496. The number of nitrogens with zero attached hydrogens (tertiary/aromatic N) is 1. The van der Waals surface area contributed by atoms with Gasteiger partial charge in [0.1, 0.15) is 30.0 Å². The summed E-state index contributed by atoms with van der Waals surface area (Å²) < 4.78 is 107. The summed E-state index contributed by atoms with van der Waals surface area (Å²) in [5.74, 6) is -2.53. The van der Waals surface area contributed by atoms with Crippen molar-refractivity contribution in [3.8, 4) is 0 Å². The number of ether oxygens (including phenoxy) is 2. The molecule has 236 valence electrons. The average Bonchev–Trinajstić information content (AvgIpc) is 3.54.